The molecule has 146 valence electrons. The standard InChI is InChI=1S/C22H23F2N3O/c1-28-19-8-9-21(24)17(11-19)14-27-10-2-3-16(13-27)22-20(12-25-26-22)15-4-6-18(23)7-5-15/h4-9,11-12,16H,2-3,10,13-14H2,1H3,(H,25,26)/t16-/m1/s1. The molecule has 1 atom stereocenters. The van der Waals surface area contributed by atoms with Crippen LogP contribution in [0.25, 0.3) is 11.1 Å². The van der Waals surface area contributed by atoms with E-state index in [1.54, 1.807) is 37.6 Å². The summed E-state index contributed by atoms with van der Waals surface area (Å²) in [5.74, 6) is 0.469. The zero-order valence-corrected chi connectivity index (χ0v) is 15.8. The van der Waals surface area contributed by atoms with Gasteiger partial charge in [-0.3, -0.25) is 10.00 Å². The quantitative estimate of drug-likeness (QED) is 0.692. The van der Waals surface area contributed by atoms with Crippen LogP contribution < -0.4 is 4.74 Å². The number of halogens is 2. The molecule has 4 nitrogen and oxygen atoms in total. The predicted molar refractivity (Wildman–Crippen MR) is 104 cm³/mol. The minimum atomic E-state index is -0.252. The van der Waals surface area contributed by atoms with E-state index in [0.717, 1.165) is 42.8 Å². The largest absolute Gasteiger partial charge is 0.497 e. The molecular formula is C22H23F2N3O. The van der Waals surface area contributed by atoms with E-state index in [0.29, 0.717) is 17.9 Å². The highest BCUT2D eigenvalue weighted by atomic mass is 19.1. The number of likely N-dealkylation sites (tertiary alicyclic amines) is 1. The summed E-state index contributed by atoms with van der Waals surface area (Å²) in [6, 6.07) is 11.3. The lowest BCUT2D eigenvalue weighted by atomic mass is 9.90. The van der Waals surface area contributed by atoms with Crippen LogP contribution in [-0.2, 0) is 6.54 Å². The number of hydrogen-bond donors (Lipinski definition) is 1. The molecule has 0 unspecified atom stereocenters. The van der Waals surface area contributed by atoms with Crippen molar-refractivity contribution in [1.29, 1.82) is 0 Å². The van der Waals surface area contributed by atoms with Crippen LogP contribution in [0.2, 0.25) is 0 Å². The number of rotatable bonds is 5. The molecule has 0 aliphatic carbocycles. The van der Waals surface area contributed by atoms with Gasteiger partial charge in [0, 0.05) is 35.8 Å². The van der Waals surface area contributed by atoms with Crippen LogP contribution in [0.15, 0.2) is 48.7 Å². The van der Waals surface area contributed by atoms with E-state index in [1.165, 1.54) is 18.2 Å². The van der Waals surface area contributed by atoms with Gasteiger partial charge in [-0.1, -0.05) is 12.1 Å². The molecule has 0 spiro atoms. The van der Waals surface area contributed by atoms with Gasteiger partial charge in [-0.25, -0.2) is 8.78 Å². The van der Waals surface area contributed by atoms with Gasteiger partial charge in [-0.2, -0.15) is 5.10 Å². The summed E-state index contributed by atoms with van der Waals surface area (Å²) in [6.45, 7) is 2.28. The van der Waals surface area contributed by atoms with E-state index in [4.69, 9.17) is 4.74 Å². The summed E-state index contributed by atoms with van der Waals surface area (Å²) in [6.07, 6.45) is 3.86. The SMILES string of the molecule is COc1ccc(F)c(CN2CCC[C@@H](c3[nH]ncc3-c3ccc(F)cc3)C2)c1. The molecule has 1 fully saturated rings. The number of nitrogens with zero attached hydrogens (tertiary/aromatic N) is 2. The summed E-state index contributed by atoms with van der Waals surface area (Å²) < 4.78 is 32.7. The third kappa shape index (κ3) is 3.92. The second kappa shape index (κ2) is 8.10. The van der Waals surface area contributed by atoms with Crippen LogP contribution in [0.3, 0.4) is 0 Å². The molecule has 3 aromatic rings. The Morgan fingerprint density at radius 3 is 2.79 bits per heavy atom. The van der Waals surface area contributed by atoms with Crippen molar-refractivity contribution in [2.45, 2.75) is 25.3 Å². The number of ether oxygens (including phenoxy) is 1. The Labute approximate surface area is 163 Å². The lowest BCUT2D eigenvalue weighted by Crippen LogP contribution is -2.34. The number of hydrogen-bond acceptors (Lipinski definition) is 3. The third-order valence-corrected chi connectivity index (χ3v) is 5.38. The van der Waals surface area contributed by atoms with Crippen molar-refractivity contribution in [1.82, 2.24) is 15.1 Å². The first kappa shape index (κ1) is 18.6. The van der Waals surface area contributed by atoms with Crippen molar-refractivity contribution in [2.75, 3.05) is 20.2 Å². The molecular weight excluding hydrogens is 360 g/mol. The molecule has 1 aromatic heterocycles. The van der Waals surface area contributed by atoms with Crippen molar-refractivity contribution in [3.05, 3.63) is 71.6 Å². The van der Waals surface area contributed by atoms with Gasteiger partial charge in [0.25, 0.3) is 0 Å². The van der Waals surface area contributed by atoms with Gasteiger partial charge >= 0.3 is 0 Å². The molecule has 2 aromatic carbocycles. The molecule has 1 N–H and O–H groups in total. The Hall–Kier alpha value is -2.73. The number of methoxy groups -OCH3 is 1. The molecule has 0 saturated carbocycles. The third-order valence-electron chi connectivity index (χ3n) is 5.38. The van der Waals surface area contributed by atoms with E-state index in [-0.39, 0.29) is 17.6 Å². The molecule has 28 heavy (non-hydrogen) atoms. The van der Waals surface area contributed by atoms with E-state index in [2.05, 4.69) is 15.1 Å². The van der Waals surface area contributed by atoms with Crippen molar-refractivity contribution >= 4 is 0 Å². The highest BCUT2D eigenvalue weighted by molar-refractivity contribution is 5.65. The maximum absolute atomic E-state index is 14.2. The van der Waals surface area contributed by atoms with E-state index >= 15 is 0 Å². The smallest absolute Gasteiger partial charge is 0.127 e. The van der Waals surface area contributed by atoms with Crippen LogP contribution in [0, 0.1) is 11.6 Å². The number of nitrogens with one attached hydrogen (secondary N) is 1. The lowest BCUT2D eigenvalue weighted by molar-refractivity contribution is 0.196. The highest BCUT2D eigenvalue weighted by Crippen LogP contribution is 2.33. The topological polar surface area (TPSA) is 41.1 Å². The fourth-order valence-corrected chi connectivity index (χ4v) is 3.94. The van der Waals surface area contributed by atoms with Gasteiger partial charge < -0.3 is 4.74 Å². The first-order chi connectivity index (χ1) is 13.6. The Morgan fingerprint density at radius 1 is 1.18 bits per heavy atom. The first-order valence-corrected chi connectivity index (χ1v) is 9.48. The van der Waals surface area contributed by atoms with Gasteiger partial charge in [0.15, 0.2) is 0 Å². The van der Waals surface area contributed by atoms with Crippen LogP contribution >= 0.6 is 0 Å². The van der Waals surface area contributed by atoms with E-state index in [9.17, 15) is 8.78 Å². The second-order valence-corrected chi connectivity index (χ2v) is 7.24. The number of H-pyrrole nitrogens is 1. The van der Waals surface area contributed by atoms with Gasteiger partial charge in [-0.05, 0) is 55.3 Å². The fourth-order valence-electron chi connectivity index (χ4n) is 3.94. The predicted octanol–water partition coefficient (Wildman–Crippen LogP) is 4.74. The minimum absolute atomic E-state index is 0.212. The lowest BCUT2D eigenvalue weighted by Gasteiger charge is -2.32. The first-order valence-electron chi connectivity index (χ1n) is 9.48. The summed E-state index contributed by atoms with van der Waals surface area (Å²) in [5.41, 5.74) is 3.64. The zero-order chi connectivity index (χ0) is 19.5. The van der Waals surface area contributed by atoms with Crippen LogP contribution in [-0.4, -0.2) is 35.3 Å². The van der Waals surface area contributed by atoms with Crippen molar-refractivity contribution < 1.29 is 13.5 Å². The summed E-state index contributed by atoms with van der Waals surface area (Å²) >= 11 is 0. The molecule has 2 heterocycles. The monoisotopic (exact) mass is 383 g/mol. The molecule has 1 aliphatic heterocycles. The van der Waals surface area contributed by atoms with Crippen LogP contribution in [0.4, 0.5) is 8.78 Å². The number of piperidine rings is 1. The van der Waals surface area contributed by atoms with Gasteiger partial charge in [0.05, 0.1) is 13.3 Å². The van der Waals surface area contributed by atoms with Gasteiger partial charge in [0.2, 0.25) is 0 Å². The van der Waals surface area contributed by atoms with Gasteiger partial charge in [-0.15, -0.1) is 0 Å². The number of aromatic amines is 1. The van der Waals surface area contributed by atoms with Crippen LogP contribution in [0.1, 0.15) is 30.0 Å². The van der Waals surface area contributed by atoms with Gasteiger partial charge in [0.1, 0.15) is 17.4 Å². The Balaban J connectivity index is 1.52. The van der Waals surface area contributed by atoms with Crippen LogP contribution in [0.5, 0.6) is 5.75 Å². The number of aromatic nitrogens is 2. The summed E-state index contributed by atoms with van der Waals surface area (Å²) in [5, 5.41) is 7.37. The Bertz CT molecular complexity index is 939. The number of benzene rings is 2. The Kier molecular flexibility index (Phi) is 5.39. The maximum atomic E-state index is 14.2. The maximum Gasteiger partial charge on any atom is 0.127 e. The molecule has 6 heteroatoms. The molecule has 1 aliphatic rings. The average Bonchev–Trinajstić information content (AvgIpc) is 3.20. The molecule has 0 bridgehead atoms. The molecule has 0 amide bonds. The second-order valence-electron chi connectivity index (χ2n) is 7.24. The summed E-state index contributed by atoms with van der Waals surface area (Å²) in [4.78, 5) is 2.27. The Morgan fingerprint density at radius 2 is 2.00 bits per heavy atom. The van der Waals surface area contributed by atoms with Crippen molar-refractivity contribution in [3.63, 3.8) is 0 Å². The highest BCUT2D eigenvalue weighted by Gasteiger charge is 2.25. The minimum Gasteiger partial charge on any atom is -0.497 e. The summed E-state index contributed by atoms with van der Waals surface area (Å²) in [7, 11) is 1.59. The molecule has 4 rings (SSSR count). The van der Waals surface area contributed by atoms with E-state index in [1.807, 2.05) is 0 Å². The van der Waals surface area contributed by atoms with Crippen molar-refractivity contribution in [3.8, 4) is 16.9 Å². The average molecular weight is 383 g/mol. The molecule has 1 saturated heterocycles. The fraction of sp³-hybridized carbons (Fsp3) is 0.318. The van der Waals surface area contributed by atoms with Crippen molar-refractivity contribution in [2.24, 2.45) is 0 Å². The molecule has 0 radical (unpaired) electrons. The zero-order valence-electron chi connectivity index (χ0n) is 15.8. The normalized spacial score (nSPS) is 17.6. The van der Waals surface area contributed by atoms with E-state index < -0.39 is 0 Å².